The highest BCUT2D eigenvalue weighted by atomic mass is 16.6. The van der Waals surface area contributed by atoms with Gasteiger partial charge in [0.25, 0.3) is 5.69 Å². The van der Waals surface area contributed by atoms with Crippen LogP contribution in [0.3, 0.4) is 0 Å². The maximum atomic E-state index is 13.4. The molecule has 2 N–H and O–H groups in total. The highest BCUT2D eigenvalue weighted by Crippen LogP contribution is 2.51. The summed E-state index contributed by atoms with van der Waals surface area (Å²) in [5.41, 5.74) is 1.56. The summed E-state index contributed by atoms with van der Waals surface area (Å²) in [6.45, 7) is 0. The Morgan fingerprint density at radius 2 is 1.75 bits per heavy atom. The minimum Gasteiger partial charge on any atom is -0.508 e. The molecule has 3 aliphatic rings. The molecule has 2 aromatic rings. The minimum atomic E-state index is -0.999. The van der Waals surface area contributed by atoms with E-state index in [9.17, 15) is 29.6 Å². The zero-order valence-corrected chi connectivity index (χ0v) is 17.1. The van der Waals surface area contributed by atoms with Crippen LogP contribution >= 0.6 is 0 Å². The van der Waals surface area contributed by atoms with Gasteiger partial charge in [0.05, 0.1) is 16.5 Å². The van der Waals surface area contributed by atoms with E-state index in [2.05, 4.69) is 5.32 Å². The lowest BCUT2D eigenvalue weighted by molar-refractivity contribution is -0.385. The molecule has 3 atom stereocenters. The molecule has 10 nitrogen and oxygen atoms in total. The molecule has 3 amide bonds. The number of carbonyl (C=O) groups excluding carboxylic acids is 3. The van der Waals surface area contributed by atoms with Crippen molar-refractivity contribution < 1.29 is 24.4 Å². The summed E-state index contributed by atoms with van der Waals surface area (Å²) in [4.78, 5) is 52.5. The molecule has 1 saturated heterocycles. The third-order valence-electron chi connectivity index (χ3n) is 6.44. The predicted molar refractivity (Wildman–Crippen MR) is 112 cm³/mol. The molecule has 0 saturated carbocycles. The van der Waals surface area contributed by atoms with Gasteiger partial charge in [-0.25, -0.2) is 4.79 Å². The van der Waals surface area contributed by atoms with Crippen molar-refractivity contribution in [2.45, 2.75) is 12.1 Å². The van der Waals surface area contributed by atoms with Crippen molar-refractivity contribution >= 4 is 29.1 Å². The molecule has 0 spiro atoms. The number of Topliss-reactive ketones (excluding diaryl/α,β-unsaturated/α-hetero) is 1. The van der Waals surface area contributed by atoms with Crippen LogP contribution < -0.4 is 5.32 Å². The highest BCUT2D eigenvalue weighted by molar-refractivity contribution is 6.22. The third-order valence-corrected chi connectivity index (χ3v) is 6.44. The number of nitrogens with one attached hydrogen (secondary N) is 1. The van der Waals surface area contributed by atoms with Gasteiger partial charge in [-0.3, -0.25) is 24.6 Å². The lowest BCUT2D eigenvalue weighted by Gasteiger charge is -2.48. The van der Waals surface area contributed by atoms with Crippen LogP contribution in [0.4, 0.5) is 10.5 Å². The summed E-state index contributed by atoms with van der Waals surface area (Å²) in [6, 6.07) is 9.91. The monoisotopic (exact) mass is 434 g/mol. The number of allylic oxidation sites excluding steroid dienone is 1. The van der Waals surface area contributed by atoms with Crippen LogP contribution in [0, 0.1) is 16.0 Å². The molecule has 3 unspecified atom stereocenters. The van der Waals surface area contributed by atoms with Crippen LogP contribution in [-0.4, -0.2) is 57.8 Å². The van der Waals surface area contributed by atoms with Crippen molar-refractivity contribution in [3.8, 4) is 5.75 Å². The summed E-state index contributed by atoms with van der Waals surface area (Å²) in [5.74, 6) is -3.12. The Hall–Kier alpha value is -4.21. The van der Waals surface area contributed by atoms with Crippen molar-refractivity contribution in [3.63, 3.8) is 0 Å². The fraction of sp³-hybridized carbons (Fsp3) is 0.227. The van der Waals surface area contributed by atoms with E-state index in [-0.39, 0.29) is 28.4 Å². The van der Waals surface area contributed by atoms with E-state index in [1.165, 1.54) is 31.1 Å². The normalized spacial score (nSPS) is 24.2. The molecule has 1 aliphatic carbocycles. The first-order valence-electron chi connectivity index (χ1n) is 9.88. The molecule has 5 rings (SSSR count). The van der Waals surface area contributed by atoms with Gasteiger partial charge in [-0.1, -0.05) is 24.3 Å². The number of hydrogen-bond acceptors (Lipinski definition) is 7. The number of amides is 3. The van der Waals surface area contributed by atoms with Crippen molar-refractivity contribution in [1.29, 1.82) is 0 Å². The molecule has 2 aromatic carbocycles. The third kappa shape index (κ3) is 2.49. The van der Waals surface area contributed by atoms with E-state index in [0.29, 0.717) is 16.8 Å². The van der Waals surface area contributed by atoms with Gasteiger partial charge in [0.1, 0.15) is 11.9 Å². The van der Waals surface area contributed by atoms with Crippen LogP contribution in [0.15, 0.2) is 48.0 Å². The number of phenols is 1. The van der Waals surface area contributed by atoms with Gasteiger partial charge in [0.2, 0.25) is 5.91 Å². The Balaban J connectivity index is 1.79. The van der Waals surface area contributed by atoms with Crippen LogP contribution in [0.25, 0.3) is 5.70 Å². The molecule has 32 heavy (non-hydrogen) atoms. The summed E-state index contributed by atoms with van der Waals surface area (Å²) >= 11 is 0. The van der Waals surface area contributed by atoms with E-state index in [1.807, 2.05) is 0 Å². The summed E-state index contributed by atoms with van der Waals surface area (Å²) in [5, 5.41) is 25.3. The van der Waals surface area contributed by atoms with E-state index in [0.717, 1.165) is 11.0 Å². The van der Waals surface area contributed by atoms with Crippen molar-refractivity contribution in [1.82, 2.24) is 15.1 Å². The van der Waals surface area contributed by atoms with Gasteiger partial charge in [0.15, 0.2) is 5.78 Å². The van der Waals surface area contributed by atoms with Gasteiger partial charge >= 0.3 is 6.03 Å². The lowest BCUT2D eigenvalue weighted by atomic mass is 9.73. The SMILES string of the molecule is CN1C(=O)C2C(c3cc([N+](=O)[O-])ccc3O)C3=C(NC2N(C)C1=O)c1ccccc1C3=O. The molecule has 10 heteroatoms. The number of nitro groups is 1. The van der Waals surface area contributed by atoms with Gasteiger partial charge < -0.3 is 15.3 Å². The van der Waals surface area contributed by atoms with Crippen molar-refractivity contribution in [3.05, 3.63) is 74.8 Å². The Morgan fingerprint density at radius 3 is 2.44 bits per heavy atom. The summed E-state index contributed by atoms with van der Waals surface area (Å²) < 4.78 is 0. The Bertz CT molecular complexity index is 1270. The Kier molecular flexibility index (Phi) is 4.10. The average molecular weight is 434 g/mol. The summed E-state index contributed by atoms with van der Waals surface area (Å²) in [7, 11) is 2.88. The fourth-order valence-corrected chi connectivity index (χ4v) is 4.90. The minimum absolute atomic E-state index is 0.0915. The van der Waals surface area contributed by atoms with Crippen LogP contribution in [0.1, 0.15) is 27.4 Å². The average Bonchev–Trinajstić information content (AvgIpc) is 3.07. The van der Waals surface area contributed by atoms with Gasteiger partial charge in [-0.2, -0.15) is 0 Å². The number of benzene rings is 2. The van der Waals surface area contributed by atoms with Crippen LogP contribution in [0.2, 0.25) is 0 Å². The number of carbonyl (C=O) groups is 3. The maximum Gasteiger partial charge on any atom is 0.327 e. The predicted octanol–water partition coefficient (Wildman–Crippen LogP) is 2.06. The lowest BCUT2D eigenvalue weighted by Crippen LogP contribution is -2.66. The zero-order chi connectivity index (χ0) is 22.9. The number of nitrogens with zero attached hydrogens (tertiary/aromatic N) is 3. The number of rotatable bonds is 2. The number of nitro benzene ring substituents is 1. The van der Waals surface area contributed by atoms with E-state index >= 15 is 0 Å². The Labute approximate surface area is 181 Å². The number of phenolic OH excluding ortho intramolecular Hbond substituents is 1. The quantitative estimate of drug-likeness (QED) is 0.546. The van der Waals surface area contributed by atoms with Crippen LogP contribution in [-0.2, 0) is 4.79 Å². The molecule has 0 bridgehead atoms. The van der Waals surface area contributed by atoms with Gasteiger partial charge in [-0.05, 0) is 6.07 Å². The highest BCUT2D eigenvalue weighted by Gasteiger charge is 2.55. The molecule has 0 radical (unpaired) electrons. The number of imide groups is 1. The second-order valence-electron chi connectivity index (χ2n) is 8.05. The second kappa shape index (κ2) is 6.64. The number of aromatic hydroxyl groups is 1. The smallest absolute Gasteiger partial charge is 0.327 e. The summed E-state index contributed by atoms with van der Waals surface area (Å²) in [6.07, 6.45) is -0.812. The second-order valence-corrected chi connectivity index (χ2v) is 8.05. The van der Waals surface area contributed by atoms with Crippen molar-refractivity contribution in [2.24, 2.45) is 5.92 Å². The first-order valence-corrected chi connectivity index (χ1v) is 9.88. The standard InChI is InChI=1S/C22H18N4O6/c1-24-20-17(21(29)25(2)22(24)30)15(13-9-10(26(31)32)7-8-14(13)27)16-18(23-20)11-5-3-4-6-12(11)19(16)28/h3-9,15,17,20,23,27H,1-2H3. The molecule has 1 fully saturated rings. The first-order chi connectivity index (χ1) is 15.2. The van der Waals surface area contributed by atoms with E-state index < -0.39 is 34.9 Å². The Morgan fingerprint density at radius 1 is 1.06 bits per heavy atom. The molecule has 2 heterocycles. The van der Waals surface area contributed by atoms with E-state index in [4.69, 9.17) is 0 Å². The number of fused-ring (bicyclic) bond motifs is 3. The number of urea groups is 1. The molecule has 0 aromatic heterocycles. The van der Waals surface area contributed by atoms with E-state index in [1.54, 1.807) is 24.3 Å². The number of non-ortho nitro benzene ring substituents is 1. The van der Waals surface area contributed by atoms with Gasteiger partial charge in [-0.15, -0.1) is 0 Å². The zero-order valence-electron chi connectivity index (χ0n) is 17.1. The largest absolute Gasteiger partial charge is 0.508 e. The molecular weight excluding hydrogens is 416 g/mol. The molecular formula is C22H18N4O6. The number of hydrogen-bond donors (Lipinski definition) is 2. The van der Waals surface area contributed by atoms with Crippen molar-refractivity contribution in [2.75, 3.05) is 14.1 Å². The van der Waals surface area contributed by atoms with Gasteiger partial charge in [0, 0.05) is 54.4 Å². The maximum absolute atomic E-state index is 13.4. The van der Waals surface area contributed by atoms with Crippen LogP contribution in [0.5, 0.6) is 5.75 Å². The number of ketones is 1. The first kappa shape index (κ1) is 19.7. The topological polar surface area (TPSA) is 133 Å². The molecule has 162 valence electrons. The fourth-order valence-electron chi connectivity index (χ4n) is 4.90. The molecule has 2 aliphatic heterocycles.